The highest BCUT2D eigenvalue weighted by Gasteiger charge is 2.34. The molecule has 2 N–H and O–H groups in total. The molecule has 0 atom stereocenters. The standard InChI is InChI=1S/C15H20ClN5/c1-2-15(8-3-4-9-15)10-21-14(18-19-20-21)13-11(16)6-5-7-12(13)17/h5-7H,2-4,8-10,17H2,1H3. The van der Waals surface area contributed by atoms with E-state index in [1.165, 1.54) is 25.7 Å². The van der Waals surface area contributed by atoms with Crippen molar-refractivity contribution in [3.63, 3.8) is 0 Å². The van der Waals surface area contributed by atoms with Gasteiger partial charge in [0, 0.05) is 5.69 Å². The lowest BCUT2D eigenvalue weighted by molar-refractivity contribution is 0.226. The van der Waals surface area contributed by atoms with Gasteiger partial charge in [0.1, 0.15) is 0 Å². The van der Waals surface area contributed by atoms with Gasteiger partial charge < -0.3 is 5.73 Å². The molecular formula is C15H20ClN5. The first-order valence-electron chi connectivity index (χ1n) is 7.46. The molecule has 0 spiro atoms. The van der Waals surface area contributed by atoms with E-state index in [-0.39, 0.29) is 0 Å². The van der Waals surface area contributed by atoms with Crippen molar-refractivity contribution in [2.24, 2.45) is 5.41 Å². The summed E-state index contributed by atoms with van der Waals surface area (Å²) in [6, 6.07) is 5.47. The van der Waals surface area contributed by atoms with Crippen molar-refractivity contribution in [2.45, 2.75) is 45.6 Å². The molecule has 1 aromatic carbocycles. The fraction of sp³-hybridized carbons (Fsp3) is 0.533. The molecule has 1 heterocycles. The maximum atomic E-state index is 6.29. The molecular weight excluding hydrogens is 286 g/mol. The molecule has 0 unspecified atom stereocenters. The number of aromatic nitrogens is 4. The Morgan fingerprint density at radius 2 is 2.10 bits per heavy atom. The van der Waals surface area contributed by atoms with E-state index in [1.54, 1.807) is 0 Å². The topological polar surface area (TPSA) is 69.6 Å². The minimum atomic E-state index is 0.306. The zero-order chi connectivity index (χ0) is 14.9. The van der Waals surface area contributed by atoms with Crippen LogP contribution in [0, 0.1) is 5.41 Å². The van der Waals surface area contributed by atoms with Crippen LogP contribution < -0.4 is 5.73 Å². The molecule has 0 amide bonds. The Hall–Kier alpha value is -1.62. The number of nitrogen functional groups attached to an aromatic ring is 1. The van der Waals surface area contributed by atoms with Gasteiger partial charge >= 0.3 is 0 Å². The SMILES string of the molecule is CCC1(Cn2nnnc2-c2c(N)cccc2Cl)CCCC1. The first-order valence-corrected chi connectivity index (χ1v) is 7.83. The lowest BCUT2D eigenvalue weighted by Crippen LogP contribution is -2.24. The number of nitrogens with zero attached hydrogens (tertiary/aromatic N) is 4. The van der Waals surface area contributed by atoms with Crippen LogP contribution >= 0.6 is 11.6 Å². The van der Waals surface area contributed by atoms with Gasteiger partial charge in [0.25, 0.3) is 0 Å². The summed E-state index contributed by atoms with van der Waals surface area (Å²) >= 11 is 6.29. The third-order valence-electron chi connectivity index (χ3n) is 4.70. The number of hydrogen-bond acceptors (Lipinski definition) is 4. The number of nitrogens with two attached hydrogens (primary N) is 1. The third kappa shape index (κ3) is 2.62. The lowest BCUT2D eigenvalue weighted by atomic mass is 9.83. The number of anilines is 1. The van der Waals surface area contributed by atoms with E-state index >= 15 is 0 Å². The first kappa shape index (κ1) is 14.3. The van der Waals surface area contributed by atoms with Gasteiger partial charge in [-0.3, -0.25) is 0 Å². The van der Waals surface area contributed by atoms with Crippen molar-refractivity contribution in [1.29, 1.82) is 0 Å². The van der Waals surface area contributed by atoms with Gasteiger partial charge in [-0.15, -0.1) is 5.10 Å². The molecule has 0 bridgehead atoms. The van der Waals surface area contributed by atoms with Crippen molar-refractivity contribution in [1.82, 2.24) is 20.2 Å². The van der Waals surface area contributed by atoms with Gasteiger partial charge in [-0.2, -0.15) is 0 Å². The predicted octanol–water partition coefficient (Wildman–Crippen LogP) is 3.55. The quantitative estimate of drug-likeness (QED) is 0.877. The Bertz CT molecular complexity index is 610. The zero-order valence-corrected chi connectivity index (χ0v) is 13.0. The molecule has 1 aliphatic rings. The third-order valence-corrected chi connectivity index (χ3v) is 5.02. The second-order valence-corrected chi connectivity index (χ2v) is 6.33. The Morgan fingerprint density at radius 3 is 2.76 bits per heavy atom. The second-order valence-electron chi connectivity index (χ2n) is 5.92. The van der Waals surface area contributed by atoms with Crippen LogP contribution in [0.1, 0.15) is 39.0 Å². The van der Waals surface area contributed by atoms with Gasteiger partial charge in [0.2, 0.25) is 0 Å². The average molecular weight is 306 g/mol. The fourth-order valence-electron chi connectivity index (χ4n) is 3.33. The summed E-state index contributed by atoms with van der Waals surface area (Å²) in [5.74, 6) is 0.665. The number of rotatable bonds is 4. The average Bonchev–Trinajstić information content (AvgIpc) is 3.10. The molecule has 21 heavy (non-hydrogen) atoms. The normalized spacial score (nSPS) is 17.2. The van der Waals surface area contributed by atoms with Crippen LogP contribution in [-0.4, -0.2) is 20.2 Å². The largest absolute Gasteiger partial charge is 0.398 e. The van der Waals surface area contributed by atoms with Gasteiger partial charge in [-0.25, -0.2) is 4.68 Å². The van der Waals surface area contributed by atoms with Crippen LogP contribution in [0.2, 0.25) is 5.02 Å². The fourth-order valence-corrected chi connectivity index (χ4v) is 3.60. The van der Waals surface area contributed by atoms with Crippen LogP contribution in [0.25, 0.3) is 11.4 Å². The van der Waals surface area contributed by atoms with Crippen LogP contribution in [0.15, 0.2) is 18.2 Å². The highest BCUT2D eigenvalue weighted by Crippen LogP contribution is 2.43. The minimum Gasteiger partial charge on any atom is -0.398 e. The summed E-state index contributed by atoms with van der Waals surface area (Å²) in [6.07, 6.45) is 6.20. The molecule has 3 rings (SSSR count). The predicted molar refractivity (Wildman–Crippen MR) is 83.9 cm³/mol. The van der Waals surface area contributed by atoms with E-state index in [9.17, 15) is 0 Å². The second kappa shape index (κ2) is 5.64. The Morgan fingerprint density at radius 1 is 1.33 bits per heavy atom. The molecule has 0 saturated heterocycles. The number of benzene rings is 1. The summed E-state index contributed by atoms with van der Waals surface area (Å²) in [5, 5.41) is 12.7. The van der Waals surface area contributed by atoms with Crippen molar-refractivity contribution >= 4 is 17.3 Å². The molecule has 0 aliphatic heterocycles. The maximum Gasteiger partial charge on any atom is 0.185 e. The molecule has 1 saturated carbocycles. The number of halogens is 1. The molecule has 1 aliphatic carbocycles. The molecule has 1 fully saturated rings. The van der Waals surface area contributed by atoms with E-state index in [1.807, 2.05) is 22.9 Å². The van der Waals surface area contributed by atoms with E-state index in [4.69, 9.17) is 17.3 Å². The number of tetrazole rings is 1. The molecule has 0 radical (unpaired) electrons. The molecule has 5 nitrogen and oxygen atoms in total. The maximum absolute atomic E-state index is 6.29. The Labute approximate surface area is 129 Å². The minimum absolute atomic E-state index is 0.306. The molecule has 2 aromatic rings. The summed E-state index contributed by atoms with van der Waals surface area (Å²) in [6.45, 7) is 3.08. The van der Waals surface area contributed by atoms with Crippen LogP contribution in [0.5, 0.6) is 0 Å². The van der Waals surface area contributed by atoms with Crippen molar-refractivity contribution < 1.29 is 0 Å². The van der Waals surface area contributed by atoms with Crippen LogP contribution in [-0.2, 0) is 6.54 Å². The summed E-state index contributed by atoms with van der Waals surface area (Å²) < 4.78 is 1.87. The summed E-state index contributed by atoms with van der Waals surface area (Å²) in [5.41, 5.74) is 7.70. The highest BCUT2D eigenvalue weighted by molar-refractivity contribution is 6.33. The van der Waals surface area contributed by atoms with E-state index < -0.39 is 0 Å². The number of hydrogen-bond donors (Lipinski definition) is 1. The lowest BCUT2D eigenvalue weighted by Gasteiger charge is -2.27. The highest BCUT2D eigenvalue weighted by atomic mass is 35.5. The monoisotopic (exact) mass is 305 g/mol. The smallest absolute Gasteiger partial charge is 0.185 e. The Balaban J connectivity index is 1.98. The summed E-state index contributed by atoms with van der Waals surface area (Å²) in [4.78, 5) is 0. The van der Waals surface area contributed by atoms with Crippen molar-refractivity contribution in [3.8, 4) is 11.4 Å². The van der Waals surface area contributed by atoms with E-state index in [2.05, 4.69) is 22.4 Å². The molecule has 6 heteroatoms. The molecule has 1 aromatic heterocycles. The van der Waals surface area contributed by atoms with E-state index in [0.717, 1.165) is 18.5 Å². The van der Waals surface area contributed by atoms with Gasteiger partial charge in [-0.05, 0) is 47.2 Å². The van der Waals surface area contributed by atoms with Crippen molar-refractivity contribution in [2.75, 3.05) is 5.73 Å². The first-order chi connectivity index (χ1) is 10.2. The van der Waals surface area contributed by atoms with Gasteiger partial charge in [0.15, 0.2) is 5.82 Å². The van der Waals surface area contributed by atoms with Gasteiger partial charge in [0.05, 0.1) is 17.1 Å². The zero-order valence-electron chi connectivity index (χ0n) is 12.2. The Kier molecular flexibility index (Phi) is 3.85. The summed E-state index contributed by atoms with van der Waals surface area (Å²) in [7, 11) is 0. The van der Waals surface area contributed by atoms with E-state index in [0.29, 0.717) is 21.9 Å². The van der Waals surface area contributed by atoms with Crippen molar-refractivity contribution in [3.05, 3.63) is 23.2 Å². The van der Waals surface area contributed by atoms with Crippen LogP contribution in [0.3, 0.4) is 0 Å². The van der Waals surface area contributed by atoms with Crippen LogP contribution in [0.4, 0.5) is 5.69 Å². The van der Waals surface area contributed by atoms with Gasteiger partial charge in [-0.1, -0.05) is 37.4 Å². The molecule has 112 valence electrons.